The molecule has 0 radical (unpaired) electrons. The highest BCUT2D eigenvalue weighted by atomic mass is 79.9. The molecule has 37 heavy (non-hydrogen) atoms. The fourth-order valence-electron chi connectivity index (χ4n) is 3.66. The minimum Gasteiger partial charge on any atom is -0.352 e. The van der Waals surface area contributed by atoms with Gasteiger partial charge in [-0.15, -0.1) is 0 Å². The molecule has 0 aliphatic carbocycles. The Bertz CT molecular complexity index is 1340. The molecule has 3 rings (SSSR count). The number of carbonyl (C=O) groups excluding carboxylic acids is 2. The Morgan fingerprint density at radius 3 is 2.11 bits per heavy atom. The lowest BCUT2D eigenvalue weighted by molar-refractivity contribution is -0.139. The van der Waals surface area contributed by atoms with Gasteiger partial charge in [0.1, 0.15) is 18.4 Å². The van der Waals surface area contributed by atoms with Crippen molar-refractivity contribution in [2.24, 2.45) is 0 Å². The van der Waals surface area contributed by atoms with Crippen LogP contribution in [0.25, 0.3) is 0 Å². The minimum absolute atomic E-state index is 0.0509. The van der Waals surface area contributed by atoms with E-state index in [-0.39, 0.29) is 29.1 Å². The summed E-state index contributed by atoms with van der Waals surface area (Å²) >= 11 is 3.38. The van der Waals surface area contributed by atoms with Gasteiger partial charge in [0.25, 0.3) is 10.0 Å². The Hall–Kier alpha value is -3.24. The number of hydrogen-bond donors (Lipinski definition) is 1. The number of hydrogen-bond acceptors (Lipinski definition) is 4. The smallest absolute Gasteiger partial charge is 0.264 e. The Labute approximate surface area is 225 Å². The first kappa shape index (κ1) is 28.3. The minimum atomic E-state index is -4.31. The van der Waals surface area contributed by atoms with Crippen LogP contribution in [0.3, 0.4) is 0 Å². The van der Waals surface area contributed by atoms with Crippen molar-refractivity contribution >= 4 is 43.5 Å². The second-order valence-corrected chi connectivity index (χ2v) is 11.5. The van der Waals surface area contributed by atoms with Crippen molar-refractivity contribution in [1.29, 1.82) is 0 Å². The number of halogens is 2. The number of amides is 2. The molecule has 0 bridgehead atoms. The van der Waals surface area contributed by atoms with E-state index >= 15 is 0 Å². The van der Waals surface area contributed by atoms with Crippen LogP contribution in [0.4, 0.5) is 10.1 Å². The first-order chi connectivity index (χ1) is 17.5. The Balaban J connectivity index is 2.02. The van der Waals surface area contributed by atoms with E-state index in [9.17, 15) is 22.4 Å². The SMILES string of the molecule is CC(C)NC(=O)[C@H](C)N(Cc1ccc(Br)cc1)C(=O)CN(c1ccccc1F)S(=O)(=O)c1ccccc1. The summed E-state index contributed by atoms with van der Waals surface area (Å²) in [4.78, 5) is 27.8. The predicted octanol–water partition coefficient (Wildman–Crippen LogP) is 4.73. The summed E-state index contributed by atoms with van der Waals surface area (Å²) in [5.41, 5.74) is 0.478. The van der Waals surface area contributed by atoms with E-state index in [1.54, 1.807) is 51.1 Å². The summed E-state index contributed by atoms with van der Waals surface area (Å²) in [5.74, 6) is -1.83. The fraction of sp³-hybridized carbons (Fsp3) is 0.259. The molecule has 0 aliphatic heterocycles. The lowest BCUT2D eigenvalue weighted by Crippen LogP contribution is -2.52. The van der Waals surface area contributed by atoms with Gasteiger partial charge in [-0.2, -0.15) is 0 Å². The van der Waals surface area contributed by atoms with Gasteiger partial charge in [-0.25, -0.2) is 12.8 Å². The van der Waals surface area contributed by atoms with Gasteiger partial charge in [0.2, 0.25) is 11.8 Å². The molecule has 0 fully saturated rings. The maximum atomic E-state index is 14.9. The molecular weight excluding hydrogens is 561 g/mol. The van der Waals surface area contributed by atoms with E-state index in [2.05, 4.69) is 21.2 Å². The molecule has 1 atom stereocenters. The van der Waals surface area contributed by atoms with Crippen LogP contribution in [0.15, 0.2) is 88.2 Å². The first-order valence-electron chi connectivity index (χ1n) is 11.7. The fourth-order valence-corrected chi connectivity index (χ4v) is 5.37. The summed E-state index contributed by atoms with van der Waals surface area (Å²) in [6.07, 6.45) is 0. The number of rotatable bonds is 10. The van der Waals surface area contributed by atoms with Gasteiger partial charge in [0.05, 0.1) is 10.6 Å². The average molecular weight is 591 g/mol. The van der Waals surface area contributed by atoms with Crippen molar-refractivity contribution in [2.75, 3.05) is 10.8 Å². The molecule has 0 spiro atoms. The number of nitrogens with zero attached hydrogens (tertiary/aromatic N) is 2. The van der Waals surface area contributed by atoms with Gasteiger partial charge in [0.15, 0.2) is 0 Å². The topological polar surface area (TPSA) is 86.8 Å². The largest absolute Gasteiger partial charge is 0.352 e. The summed E-state index contributed by atoms with van der Waals surface area (Å²) in [7, 11) is -4.31. The van der Waals surface area contributed by atoms with Crippen molar-refractivity contribution in [3.05, 3.63) is 94.7 Å². The normalized spacial score (nSPS) is 12.2. The molecule has 1 N–H and O–H groups in total. The van der Waals surface area contributed by atoms with E-state index in [0.29, 0.717) is 0 Å². The molecule has 3 aromatic carbocycles. The second kappa shape index (κ2) is 12.3. The molecule has 0 unspecified atom stereocenters. The van der Waals surface area contributed by atoms with Gasteiger partial charge in [-0.3, -0.25) is 13.9 Å². The van der Waals surface area contributed by atoms with Gasteiger partial charge in [0, 0.05) is 17.1 Å². The van der Waals surface area contributed by atoms with E-state index < -0.39 is 34.3 Å². The van der Waals surface area contributed by atoms with Gasteiger partial charge in [-0.1, -0.05) is 58.4 Å². The van der Waals surface area contributed by atoms with Gasteiger partial charge >= 0.3 is 0 Å². The Morgan fingerprint density at radius 1 is 0.919 bits per heavy atom. The van der Waals surface area contributed by atoms with Crippen LogP contribution in [0.2, 0.25) is 0 Å². The predicted molar refractivity (Wildman–Crippen MR) is 145 cm³/mol. The zero-order chi connectivity index (χ0) is 27.2. The lowest BCUT2D eigenvalue weighted by Gasteiger charge is -2.32. The van der Waals surface area contributed by atoms with Crippen LogP contribution in [0, 0.1) is 5.82 Å². The van der Waals surface area contributed by atoms with Crippen LogP contribution in [-0.4, -0.2) is 43.8 Å². The van der Waals surface area contributed by atoms with Crippen LogP contribution in [0.5, 0.6) is 0 Å². The lowest BCUT2D eigenvalue weighted by atomic mass is 10.1. The molecule has 0 aliphatic rings. The molecule has 10 heteroatoms. The van der Waals surface area contributed by atoms with E-state index in [0.717, 1.165) is 20.4 Å². The van der Waals surface area contributed by atoms with E-state index in [1.807, 2.05) is 12.1 Å². The standard InChI is InChI=1S/C27H29BrFN3O4S/c1-19(2)30-27(34)20(3)31(17-21-13-15-22(28)16-14-21)26(33)18-32(25-12-8-7-11-24(25)29)37(35,36)23-9-5-4-6-10-23/h4-16,19-20H,17-18H2,1-3H3,(H,30,34)/t20-/m0/s1. The molecular formula is C27H29BrFN3O4S. The summed E-state index contributed by atoms with van der Waals surface area (Å²) in [5, 5.41) is 2.79. The van der Waals surface area contributed by atoms with Gasteiger partial charge in [-0.05, 0) is 62.7 Å². The molecule has 3 aromatic rings. The highest BCUT2D eigenvalue weighted by Gasteiger charge is 2.33. The second-order valence-electron chi connectivity index (χ2n) is 8.76. The number of anilines is 1. The van der Waals surface area contributed by atoms with Crippen molar-refractivity contribution in [3.8, 4) is 0 Å². The summed E-state index contributed by atoms with van der Waals surface area (Å²) in [6.45, 7) is 4.53. The quantitative estimate of drug-likeness (QED) is 0.370. The number of carbonyl (C=O) groups is 2. The molecule has 2 amide bonds. The Kier molecular flexibility index (Phi) is 9.45. The molecule has 7 nitrogen and oxygen atoms in total. The van der Waals surface area contributed by atoms with Crippen LogP contribution >= 0.6 is 15.9 Å². The van der Waals surface area contributed by atoms with Crippen molar-refractivity contribution in [3.63, 3.8) is 0 Å². The van der Waals surface area contributed by atoms with Crippen LogP contribution < -0.4 is 9.62 Å². The average Bonchev–Trinajstić information content (AvgIpc) is 2.87. The number of benzene rings is 3. The van der Waals surface area contributed by atoms with E-state index in [4.69, 9.17) is 0 Å². The molecule has 0 saturated heterocycles. The first-order valence-corrected chi connectivity index (χ1v) is 13.9. The van der Waals surface area contributed by atoms with Crippen molar-refractivity contribution in [1.82, 2.24) is 10.2 Å². The molecule has 0 heterocycles. The monoisotopic (exact) mass is 589 g/mol. The highest BCUT2D eigenvalue weighted by molar-refractivity contribution is 9.10. The zero-order valence-corrected chi connectivity index (χ0v) is 23.2. The summed E-state index contributed by atoms with van der Waals surface area (Å²) < 4.78 is 43.6. The third-order valence-electron chi connectivity index (χ3n) is 5.60. The maximum absolute atomic E-state index is 14.9. The molecule has 196 valence electrons. The third-order valence-corrected chi connectivity index (χ3v) is 7.90. The zero-order valence-electron chi connectivity index (χ0n) is 20.8. The number of para-hydroxylation sites is 1. The highest BCUT2D eigenvalue weighted by Crippen LogP contribution is 2.27. The number of nitrogens with one attached hydrogen (secondary N) is 1. The number of sulfonamides is 1. The molecule has 0 saturated carbocycles. The summed E-state index contributed by atoms with van der Waals surface area (Å²) in [6, 6.07) is 19.0. The van der Waals surface area contributed by atoms with Crippen molar-refractivity contribution in [2.45, 2.75) is 44.3 Å². The third kappa shape index (κ3) is 7.17. The van der Waals surface area contributed by atoms with Crippen LogP contribution in [0.1, 0.15) is 26.3 Å². The van der Waals surface area contributed by atoms with Crippen LogP contribution in [-0.2, 0) is 26.2 Å². The van der Waals surface area contributed by atoms with Gasteiger partial charge < -0.3 is 10.2 Å². The molecule has 0 aromatic heterocycles. The Morgan fingerprint density at radius 2 is 1.51 bits per heavy atom. The van der Waals surface area contributed by atoms with Crippen molar-refractivity contribution < 1.29 is 22.4 Å². The maximum Gasteiger partial charge on any atom is 0.264 e. The van der Waals surface area contributed by atoms with E-state index in [1.165, 1.54) is 35.2 Å².